The van der Waals surface area contributed by atoms with Gasteiger partial charge in [-0.05, 0) is 28.0 Å². The molecule has 3 nitrogen and oxygen atoms in total. The molecular weight excluding hydrogens is 244 g/mol. The first kappa shape index (κ1) is 11.4. The number of hydrogen-bond acceptors (Lipinski definition) is 3. The van der Waals surface area contributed by atoms with Crippen molar-refractivity contribution in [2.75, 3.05) is 0 Å². The van der Waals surface area contributed by atoms with Crippen molar-refractivity contribution in [1.82, 2.24) is 9.78 Å². The highest BCUT2D eigenvalue weighted by atomic mass is 32.1. The van der Waals surface area contributed by atoms with Crippen molar-refractivity contribution in [2.45, 2.75) is 12.5 Å². The van der Waals surface area contributed by atoms with Gasteiger partial charge in [-0.3, -0.25) is 4.68 Å². The summed E-state index contributed by atoms with van der Waals surface area (Å²) in [6.07, 6.45) is 3.88. The highest BCUT2D eigenvalue weighted by Crippen LogP contribution is 2.31. The van der Waals surface area contributed by atoms with E-state index in [4.69, 9.17) is 0 Å². The van der Waals surface area contributed by atoms with Gasteiger partial charge in [-0.2, -0.15) is 5.10 Å². The lowest BCUT2D eigenvalue weighted by molar-refractivity contribution is 0.180. The van der Waals surface area contributed by atoms with E-state index in [1.807, 2.05) is 30.8 Å². The van der Waals surface area contributed by atoms with E-state index in [2.05, 4.69) is 17.2 Å². The highest BCUT2D eigenvalue weighted by molar-refractivity contribution is 7.17. The maximum atomic E-state index is 10.3. The number of rotatable bonds is 3. The molecule has 1 N–H and O–H groups in total. The van der Waals surface area contributed by atoms with Crippen LogP contribution in [0.15, 0.2) is 42.0 Å². The second kappa shape index (κ2) is 4.55. The Kier molecular flexibility index (Phi) is 2.89. The zero-order valence-electron chi connectivity index (χ0n) is 10.1. The minimum Gasteiger partial charge on any atom is -0.388 e. The Morgan fingerprint density at radius 2 is 2.22 bits per heavy atom. The number of fused-ring (bicyclic) bond motifs is 1. The van der Waals surface area contributed by atoms with Crippen LogP contribution in [0.2, 0.25) is 0 Å². The third-order valence-corrected chi connectivity index (χ3v) is 4.04. The minimum atomic E-state index is -0.467. The van der Waals surface area contributed by atoms with Crippen LogP contribution < -0.4 is 0 Å². The van der Waals surface area contributed by atoms with Crippen LogP contribution in [0, 0.1) is 0 Å². The topological polar surface area (TPSA) is 38.0 Å². The van der Waals surface area contributed by atoms with Crippen molar-refractivity contribution in [2.24, 2.45) is 7.05 Å². The summed E-state index contributed by atoms with van der Waals surface area (Å²) >= 11 is 1.68. The molecule has 0 aliphatic carbocycles. The molecule has 0 aliphatic heterocycles. The van der Waals surface area contributed by atoms with E-state index in [1.54, 1.807) is 22.2 Å². The standard InChI is InChI=1S/C14H14N2OS/c1-16-8-10(7-15-16)6-13(17)12-9-18-14-5-3-2-4-11(12)14/h2-5,7-9,13,17H,6H2,1H3. The van der Waals surface area contributed by atoms with E-state index in [9.17, 15) is 5.11 Å². The molecule has 0 radical (unpaired) electrons. The summed E-state index contributed by atoms with van der Waals surface area (Å²) in [7, 11) is 1.88. The second-order valence-corrected chi connectivity index (χ2v) is 5.34. The van der Waals surface area contributed by atoms with Crippen LogP contribution in [0.25, 0.3) is 10.1 Å². The Bertz CT molecular complexity index is 671. The van der Waals surface area contributed by atoms with Gasteiger partial charge in [0.15, 0.2) is 0 Å². The Morgan fingerprint density at radius 3 is 3.00 bits per heavy atom. The van der Waals surface area contributed by atoms with Crippen LogP contribution in [0.1, 0.15) is 17.2 Å². The van der Waals surface area contributed by atoms with Crippen LogP contribution in [-0.4, -0.2) is 14.9 Å². The summed E-state index contributed by atoms with van der Waals surface area (Å²) in [6, 6.07) is 8.18. The van der Waals surface area contributed by atoms with Gasteiger partial charge >= 0.3 is 0 Å². The van der Waals surface area contributed by atoms with Crippen molar-refractivity contribution in [3.8, 4) is 0 Å². The summed E-state index contributed by atoms with van der Waals surface area (Å²) in [5.41, 5.74) is 2.07. The number of benzene rings is 1. The van der Waals surface area contributed by atoms with Gasteiger partial charge in [0.05, 0.1) is 12.3 Å². The normalized spacial score (nSPS) is 13.0. The van der Waals surface area contributed by atoms with Gasteiger partial charge in [0.25, 0.3) is 0 Å². The average Bonchev–Trinajstić information content (AvgIpc) is 2.95. The Labute approximate surface area is 109 Å². The maximum absolute atomic E-state index is 10.3. The Morgan fingerprint density at radius 1 is 1.39 bits per heavy atom. The molecule has 2 aromatic heterocycles. The summed E-state index contributed by atoms with van der Waals surface area (Å²) < 4.78 is 2.98. The Hall–Kier alpha value is -1.65. The van der Waals surface area contributed by atoms with Gasteiger partial charge in [0.1, 0.15) is 0 Å². The number of aliphatic hydroxyl groups excluding tert-OH is 1. The van der Waals surface area contributed by atoms with E-state index in [0.29, 0.717) is 6.42 Å². The van der Waals surface area contributed by atoms with Gasteiger partial charge < -0.3 is 5.11 Å². The summed E-state index contributed by atoms with van der Waals surface area (Å²) in [5, 5.41) is 17.7. The molecule has 92 valence electrons. The smallest absolute Gasteiger partial charge is 0.0845 e. The number of nitrogens with zero attached hydrogens (tertiary/aromatic N) is 2. The predicted octanol–water partition coefficient (Wildman–Crippen LogP) is 2.91. The molecule has 18 heavy (non-hydrogen) atoms. The zero-order chi connectivity index (χ0) is 12.5. The van der Waals surface area contributed by atoms with Gasteiger partial charge in [0, 0.05) is 24.4 Å². The van der Waals surface area contributed by atoms with E-state index in [-0.39, 0.29) is 0 Å². The molecule has 0 bridgehead atoms. The lowest BCUT2D eigenvalue weighted by atomic mass is 10.0. The van der Waals surface area contributed by atoms with E-state index < -0.39 is 6.10 Å². The zero-order valence-corrected chi connectivity index (χ0v) is 10.9. The molecule has 0 saturated carbocycles. The first-order chi connectivity index (χ1) is 8.74. The molecule has 4 heteroatoms. The first-order valence-electron chi connectivity index (χ1n) is 5.86. The van der Waals surface area contributed by atoms with E-state index in [0.717, 1.165) is 16.5 Å². The van der Waals surface area contributed by atoms with Crippen molar-refractivity contribution in [3.05, 3.63) is 53.2 Å². The first-order valence-corrected chi connectivity index (χ1v) is 6.74. The van der Waals surface area contributed by atoms with Crippen LogP contribution in [0.4, 0.5) is 0 Å². The molecular formula is C14H14N2OS. The molecule has 1 atom stereocenters. The summed E-state index contributed by atoms with van der Waals surface area (Å²) in [5.74, 6) is 0. The molecule has 1 aromatic carbocycles. The van der Waals surface area contributed by atoms with Gasteiger partial charge in [-0.1, -0.05) is 18.2 Å². The van der Waals surface area contributed by atoms with Gasteiger partial charge in [-0.25, -0.2) is 0 Å². The fourth-order valence-corrected chi connectivity index (χ4v) is 3.17. The number of thiophene rings is 1. The van der Waals surface area contributed by atoms with Crippen LogP contribution in [-0.2, 0) is 13.5 Å². The second-order valence-electron chi connectivity index (χ2n) is 4.43. The number of hydrogen-bond donors (Lipinski definition) is 1. The predicted molar refractivity (Wildman–Crippen MR) is 73.7 cm³/mol. The van der Waals surface area contributed by atoms with Crippen molar-refractivity contribution >= 4 is 21.4 Å². The van der Waals surface area contributed by atoms with Gasteiger partial charge in [-0.15, -0.1) is 11.3 Å². The lowest BCUT2D eigenvalue weighted by Gasteiger charge is -2.08. The number of aliphatic hydroxyl groups is 1. The quantitative estimate of drug-likeness (QED) is 0.784. The molecule has 3 rings (SSSR count). The SMILES string of the molecule is Cn1cc(CC(O)c2csc3ccccc23)cn1. The fourth-order valence-electron chi connectivity index (χ4n) is 2.17. The molecule has 0 aliphatic rings. The minimum absolute atomic E-state index is 0.467. The van der Waals surface area contributed by atoms with Crippen molar-refractivity contribution < 1.29 is 5.11 Å². The van der Waals surface area contributed by atoms with Crippen LogP contribution in [0.5, 0.6) is 0 Å². The molecule has 0 amide bonds. The number of aryl methyl sites for hydroxylation is 1. The maximum Gasteiger partial charge on any atom is 0.0845 e. The lowest BCUT2D eigenvalue weighted by Crippen LogP contribution is -2.00. The van der Waals surface area contributed by atoms with Gasteiger partial charge in [0.2, 0.25) is 0 Å². The molecule has 3 aromatic rings. The molecule has 0 fully saturated rings. The van der Waals surface area contributed by atoms with Crippen molar-refractivity contribution in [3.63, 3.8) is 0 Å². The largest absolute Gasteiger partial charge is 0.388 e. The Balaban J connectivity index is 1.90. The summed E-state index contributed by atoms with van der Waals surface area (Å²) in [6.45, 7) is 0. The van der Waals surface area contributed by atoms with Crippen LogP contribution >= 0.6 is 11.3 Å². The van der Waals surface area contributed by atoms with Crippen molar-refractivity contribution in [1.29, 1.82) is 0 Å². The molecule has 1 unspecified atom stereocenters. The van der Waals surface area contributed by atoms with Crippen LogP contribution in [0.3, 0.4) is 0 Å². The molecule has 2 heterocycles. The third kappa shape index (κ3) is 2.05. The highest BCUT2D eigenvalue weighted by Gasteiger charge is 2.14. The molecule has 0 spiro atoms. The fraction of sp³-hybridized carbons (Fsp3) is 0.214. The monoisotopic (exact) mass is 258 g/mol. The number of aromatic nitrogens is 2. The average molecular weight is 258 g/mol. The molecule has 0 saturated heterocycles. The van der Waals surface area contributed by atoms with E-state index in [1.165, 1.54) is 4.70 Å². The summed E-state index contributed by atoms with van der Waals surface area (Å²) in [4.78, 5) is 0. The van der Waals surface area contributed by atoms with E-state index >= 15 is 0 Å². The third-order valence-electron chi connectivity index (χ3n) is 3.06.